The number of carbonyl (C=O) groups excluding carboxylic acids is 1. The van der Waals surface area contributed by atoms with E-state index in [1.54, 1.807) is 41.2 Å². The van der Waals surface area contributed by atoms with Gasteiger partial charge in [-0.3, -0.25) is 4.79 Å². The van der Waals surface area contributed by atoms with Crippen molar-refractivity contribution in [3.05, 3.63) is 60.2 Å². The van der Waals surface area contributed by atoms with Crippen molar-refractivity contribution in [3.8, 4) is 11.1 Å². The lowest BCUT2D eigenvalue weighted by Gasteiger charge is -2.33. The zero-order chi connectivity index (χ0) is 19.7. The minimum absolute atomic E-state index is 0.0125. The Morgan fingerprint density at radius 2 is 2.18 bits per heavy atom. The number of hydrogen-bond donors (Lipinski definition) is 1. The molecule has 28 heavy (non-hydrogen) atoms. The lowest BCUT2D eigenvalue weighted by molar-refractivity contribution is 0.0690. The van der Waals surface area contributed by atoms with E-state index in [2.05, 4.69) is 15.0 Å². The van der Waals surface area contributed by atoms with Gasteiger partial charge in [-0.1, -0.05) is 12.1 Å². The van der Waals surface area contributed by atoms with E-state index in [1.165, 1.54) is 12.1 Å². The Kier molecular flexibility index (Phi) is 4.77. The number of aromatic nitrogens is 4. The van der Waals surface area contributed by atoms with Crippen LogP contribution in [0.4, 0.5) is 10.3 Å². The Bertz CT molecular complexity index is 1020. The minimum Gasteiger partial charge on any atom is -0.368 e. The molecule has 7 nitrogen and oxygen atoms in total. The summed E-state index contributed by atoms with van der Waals surface area (Å²) in [7, 11) is 1.80. The third-order valence-electron chi connectivity index (χ3n) is 5.08. The highest BCUT2D eigenvalue weighted by atomic mass is 19.1. The second kappa shape index (κ2) is 7.38. The molecule has 144 valence electrons. The van der Waals surface area contributed by atoms with Gasteiger partial charge in [-0.05, 0) is 30.5 Å². The number of rotatable bonds is 3. The highest BCUT2D eigenvalue weighted by Crippen LogP contribution is 2.33. The largest absolute Gasteiger partial charge is 0.368 e. The first-order chi connectivity index (χ1) is 13.5. The summed E-state index contributed by atoms with van der Waals surface area (Å²) in [5.74, 6) is 0.138. The topological polar surface area (TPSA) is 89.9 Å². The molecule has 0 saturated carbocycles. The van der Waals surface area contributed by atoms with Crippen molar-refractivity contribution in [1.82, 2.24) is 24.4 Å². The molecule has 1 aliphatic heterocycles. The summed E-state index contributed by atoms with van der Waals surface area (Å²) in [5.41, 5.74) is 8.03. The fraction of sp³-hybridized carbons (Fsp3) is 0.300. The number of amides is 1. The van der Waals surface area contributed by atoms with Gasteiger partial charge in [0, 0.05) is 50.2 Å². The van der Waals surface area contributed by atoms with Crippen LogP contribution in [0.3, 0.4) is 0 Å². The van der Waals surface area contributed by atoms with Gasteiger partial charge in [0.05, 0.1) is 5.69 Å². The van der Waals surface area contributed by atoms with E-state index in [9.17, 15) is 9.18 Å². The molecule has 0 radical (unpaired) electrons. The third kappa shape index (κ3) is 3.45. The molecular formula is C20H21FN6O. The number of anilines is 1. The van der Waals surface area contributed by atoms with Gasteiger partial charge < -0.3 is 15.2 Å². The molecule has 3 aromatic rings. The van der Waals surface area contributed by atoms with Crippen LogP contribution in [0.1, 0.15) is 35.1 Å². The lowest BCUT2D eigenvalue weighted by Crippen LogP contribution is -2.40. The summed E-state index contributed by atoms with van der Waals surface area (Å²) in [6.07, 6.45) is 6.70. The molecule has 4 rings (SSSR count). The smallest absolute Gasteiger partial charge is 0.289 e. The van der Waals surface area contributed by atoms with Crippen molar-refractivity contribution in [3.63, 3.8) is 0 Å². The summed E-state index contributed by atoms with van der Waals surface area (Å²) in [6, 6.07) is 6.33. The lowest BCUT2D eigenvalue weighted by atomic mass is 9.90. The maximum atomic E-state index is 13.7. The molecular weight excluding hydrogens is 359 g/mol. The van der Waals surface area contributed by atoms with Crippen molar-refractivity contribution >= 4 is 11.9 Å². The van der Waals surface area contributed by atoms with Crippen LogP contribution in [-0.4, -0.2) is 43.4 Å². The van der Waals surface area contributed by atoms with E-state index in [0.29, 0.717) is 24.5 Å². The molecule has 1 saturated heterocycles. The number of piperidine rings is 1. The van der Waals surface area contributed by atoms with Gasteiger partial charge in [0.2, 0.25) is 5.95 Å². The first-order valence-electron chi connectivity index (χ1n) is 9.18. The third-order valence-corrected chi connectivity index (χ3v) is 5.08. The molecule has 1 amide bonds. The zero-order valence-electron chi connectivity index (χ0n) is 15.5. The molecule has 8 heteroatoms. The Labute approximate surface area is 162 Å². The molecule has 2 N–H and O–H groups in total. The number of halogens is 1. The van der Waals surface area contributed by atoms with Crippen LogP contribution in [0.2, 0.25) is 0 Å². The minimum atomic E-state index is -0.324. The number of aryl methyl sites for hydroxylation is 1. The van der Waals surface area contributed by atoms with E-state index in [4.69, 9.17) is 5.73 Å². The number of carbonyl (C=O) groups is 1. The van der Waals surface area contributed by atoms with Gasteiger partial charge in [0.15, 0.2) is 5.82 Å². The van der Waals surface area contributed by atoms with Crippen molar-refractivity contribution in [2.75, 3.05) is 18.8 Å². The molecule has 3 heterocycles. The number of nitrogens with zero attached hydrogens (tertiary/aromatic N) is 5. The van der Waals surface area contributed by atoms with Crippen LogP contribution in [-0.2, 0) is 7.05 Å². The van der Waals surface area contributed by atoms with E-state index < -0.39 is 0 Å². The van der Waals surface area contributed by atoms with E-state index in [-0.39, 0.29) is 23.6 Å². The Morgan fingerprint density at radius 3 is 2.93 bits per heavy atom. The Balaban J connectivity index is 1.66. The van der Waals surface area contributed by atoms with Gasteiger partial charge in [-0.15, -0.1) is 0 Å². The molecule has 1 fully saturated rings. The standard InChI is InChI=1S/C20H21FN6O/c1-26-9-7-23-18(26)19(28)27-8-3-5-14(12-27)17-16(11-24-20(22)25-17)13-4-2-6-15(21)10-13/h2,4,6-7,9-11,14H,3,5,8,12H2,1H3,(H2,22,24,25)/t14-/m1/s1. The van der Waals surface area contributed by atoms with Gasteiger partial charge in [0.25, 0.3) is 5.91 Å². The molecule has 0 spiro atoms. The molecule has 0 unspecified atom stereocenters. The first kappa shape index (κ1) is 18.1. The highest BCUT2D eigenvalue weighted by molar-refractivity contribution is 5.91. The molecule has 1 aliphatic rings. The van der Waals surface area contributed by atoms with E-state index >= 15 is 0 Å². The fourth-order valence-electron chi connectivity index (χ4n) is 3.70. The normalized spacial score (nSPS) is 16.9. The van der Waals surface area contributed by atoms with Crippen LogP contribution in [0, 0.1) is 5.82 Å². The average molecular weight is 380 g/mol. The second-order valence-electron chi connectivity index (χ2n) is 6.99. The number of likely N-dealkylation sites (tertiary alicyclic amines) is 1. The predicted molar refractivity (Wildman–Crippen MR) is 103 cm³/mol. The molecule has 0 aliphatic carbocycles. The van der Waals surface area contributed by atoms with Crippen LogP contribution in [0.15, 0.2) is 42.9 Å². The molecule has 2 aromatic heterocycles. The zero-order valence-corrected chi connectivity index (χ0v) is 15.5. The average Bonchev–Trinajstić information content (AvgIpc) is 3.13. The van der Waals surface area contributed by atoms with Gasteiger partial charge in [-0.25, -0.2) is 19.3 Å². The van der Waals surface area contributed by atoms with Crippen LogP contribution < -0.4 is 5.73 Å². The van der Waals surface area contributed by atoms with Crippen molar-refractivity contribution in [2.45, 2.75) is 18.8 Å². The van der Waals surface area contributed by atoms with Crippen molar-refractivity contribution in [2.24, 2.45) is 7.05 Å². The van der Waals surface area contributed by atoms with E-state index in [1.807, 2.05) is 6.07 Å². The molecule has 0 bridgehead atoms. The summed E-state index contributed by atoms with van der Waals surface area (Å²) in [4.78, 5) is 27.4. The van der Waals surface area contributed by atoms with E-state index in [0.717, 1.165) is 24.1 Å². The monoisotopic (exact) mass is 380 g/mol. The number of nitrogens with two attached hydrogens (primary N) is 1. The highest BCUT2D eigenvalue weighted by Gasteiger charge is 2.30. The number of hydrogen-bond acceptors (Lipinski definition) is 5. The Hall–Kier alpha value is -3.29. The SMILES string of the molecule is Cn1ccnc1C(=O)N1CCC[C@@H](c2nc(N)ncc2-c2cccc(F)c2)C1. The maximum absolute atomic E-state index is 13.7. The summed E-state index contributed by atoms with van der Waals surface area (Å²) in [5, 5.41) is 0. The van der Waals surface area contributed by atoms with Crippen LogP contribution in [0.5, 0.6) is 0 Å². The van der Waals surface area contributed by atoms with Crippen LogP contribution in [0.25, 0.3) is 11.1 Å². The first-order valence-corrected chi connectivity index (χ1v) is 9.18. The van der Waals surface area contributed by atoms with Gasteiger partial charge >= 0.3 is 0 Å². The van der Waals surface area contributed by atoms with Crippen molar-refractivity contribution in [1.29, 1.82) is 0 Å². The fourth-order valence-corrected chi connectivity index (χ4v) is 3.70. The van der Waals surface area contributed by atoms with Gasteiger partial charge in [-0.2, -0.15) is 0 Å². The second-order valence-corrected chi connectivity index (χ2v) is 6.99. The van der Waals surface area contributed by atoms with Crippen LogP contribution >= 0.6 is 0 Å². The number of nitrogen functional groups attached to an aromatic ring is 1. The van der Waals surface area contributed by atoms with Gasteiger partial charge in [0.1, 0.15) is 5.82 Å². The summed E-state index contributed by atoms with van der Waals surface area (Å²) >= 11 is 0. The molecule has 1 aromatic carbocycles. The van der Waals surface area contributed by atoms with Crippen molar-refractivity contribution < 1.29 is 9.18 Å². The summed E-state index contributed by atoms with van der Waals surface area (Å²) < 4.78 is 15.5. The maximum Gasteiger partial charge on any atom is 0.289 e. The predicted octanol–water partition coefficient (Wildman–Crippen LogP) is 2.62. The Morgan fingerprint density at radius 1 is 1.32 bits per heavy atom. The number of benzene rings is 1. The molecule has 1 atom stereocenters. The number of imidazole rings is 1. The quantitative estimate of drug-likeness (QED) is 0.754. The summed E-state index contributed by atoms with van der Waals surface area (Å²) in [6.45, 7) is 1.17.